The van der Waals surface area contributed by atoms with E-state index in [1.54, 1.807) is 11.9 Å². The van der Waals surface area contributed by atoms with Gasteiger partial charge in [-0.05, 0) is 25.5 Å². The maximum atomic E-state index is 12.5. The summed E-state index contributed by atoms with van der Waals surface area (Å²) < 4.78 is 28.9. The minimum absolute atomic E-state index is 0.0387. The molecule has 2 aromatic rings. The van der Waals surface area contributed by atoms with E-state index in [4.69, 9.17) is 4.42 Å². The summed E-state index contributed by atoms with van der Waals surface area (Å²) in [5, 5.41) is 0.994. The third-order valence-corrected chi connectivity index (χ3v) is 6.13. The number of fused-ring (bicyclic) bond motifs is 1. The van der Waals surface area contributed by atoms with Crippen molar-refractivity contribution in [3.8, 4) is 0 Å². The molecule has 0 bridgehead atoms. The number of hydrogen-bond acceptors (Lipinski definition) is 4. The summed E-state index contributed by atoms with van der Waals surface area (Å²) in [6, 6.07) is 9.37. The maximum absolute atomic E-state index is 12.5. The first-order valence-corrected chi connectivity index (χ1v) is 9.15. The van der Waals surface area contributed by atoms with Gasteiger partial charge in [-0.15, -0.1) is 0 Å². The summed E-state index contributed by atoms with van der Waals surface area (Å²) in [5.41, 5.74) is 0.786. The fraction of sp³-hybridized carbons (Fsp3) is 0.438. The second-order valence-electron chi connectivity index (χ2n) is 5.91. The van der Waals surface area contributed by atoms with Gasteiger partial charge in [-0.3, -0.25) is 4.79 Å². The number of hydrogen-bond donors (Lipinski definition) is 0. The molecule has 0 N–H and O–H groups in total. The van der Waals surface area contributed by atoms with Crippen molar-refractivity contribution in [2.75, 3.05) is 18.6 Å². The van der Waals surface area contributed by atoms with Crippen molar-refractivity contribution in [2.24, 2.45) is 5.92 Å². The van der Waals surface area contributed by atoms with Gasteiger partial charge in [0.25, 0.3) is 0 Å². The standard InChI is InChI=1S/C16H19NO4S/c1-11(15-9-12-5-3-4-6-14(12)21-15)17(2)16(18)13-7-8-22(19,20)10-13/h3-6,9,11,13H,7-8,10H2,1-2H3/t11-,13-/m0/s1. The van der Waals surface area contributed by atoms with Gasteiger partial charge in [0.1, 0.15) is 11.3 Å². The van der Waals surface area contributed by atoms with Gasteiger partial charge in [0, 0.05) is 12.4 Å². The zero-order valence-electron chi connectivity index (χ0n) is 12.7. The summed E-state index contributed by atoms with van der Waals surface area (Å²) in [5.74, 6) is 0.216. The molecular formula is C16H19NO4S. The lowest BCUT2D eigenvalue weighted by Crippen LogP contribution is -2.35. The van der Waals surface area contributed by atoms with E-state index in [1.165, 1.54) is 0 Å². The van der Waals surface area contributed by atoms with Crippen LogP contribution in [-0.4, -0.2) is 37.8 Å². The first-order valence-electron chi connectivity index (χ1n) is 7.33. The minimum atomic E-state index is -3.06. The Balaban J connectivity index is 1.79. The molecule has 1 aromatic heterocycles. The second-order valence-corrected chi connectivity index (χ2v) is 8.14. The first-order chi connectivity index (χ1) is 10.4. The van der Waals surface area contributed by atoms with Crippen LogP contribution in [0.25, 0.3) is 11.0 Å². The first kappa shape index (κ1) is 15.1. The molecule has 22 heavy (non-hydrogen) atoms. The van der Waals surface area contributed by atoms with Crippen LogP contribution >= 0.6 is 0 Å². The molecule has 1 fully saturated rings. The molecule has 118 valence electrons. The number of carbonyl (C=O) groups is 1. The molecule has 0 unspecified atom stereocenters. The van der Waals surface area contributed by atoms with Crippen LogP contribution in [0.3, 0.4) is 0 Å². The number of amides is 1. The van der Waals surface area contributed by atoms with Gasteiger partial charge in [-0.1, -0.05) is 18.2 Å². The predicted octanol–water partition coefficient (Wildman–Crippen LogP) is 2.39. The highest BCUT2D eigenvalue weighted by Crippen LogP contribution is 2.29. The molecule has 2 atom stereocenters. The van der Waals surface area contributed by atoms with Crippen molar-refractivity contribution in [2.45, 2.75) is 19.4 Å². The number of benzene rings is 1. The number of carbonyl (C=O) groups excluding carboxylic acids is 1. The van der Waals surface area contributed by atoms with E-state index in [9.17, 15) is 13.2 Å². The predicted molar refractivity (Wildman–Crippen MR) is 84.2 cm³/mol. The molecule has 1 aliphatic heterocycles. The van der Waals surface area contributed by atoms with Crippen molar-refractivity contribution in [1.82, 2.24) is 4.90 Å². The Kier molecular flexibility index (Phi) is 3.72. The average Bonchev–Trinajstić information content (AvgIpc) is 3.07. The average molecular weight is 321 g/mol. The van der Waals surface area contributed by atoms with E-state index in [1.807, 2.05) is 37.3 Å². The molecule has 1 aromatic carbocycles. The second kappa shape index (κ2) is 5.43. The summed E-state index contributed by atoms with van der Waals surface area (Å²) in [6.45, 7) is 1.89. The Morgan fingerprint density at radius 3 is 2.73 bits per heavy atom. The van der Waals surface area contributed by atoms with Crippen molar-refractivity contribution in [3.05, 3.63) is 36.1 Å². The summed E-state index contributed by atoms with van der Waals surface area (Å²) >= 11 is 0. The molecule has 1 amide bonds. The molecule has 6 heteroatoms. The molecule has 1 saturated heterocycles. The van der Waals surface area contributed by atoms with E-state index >= 15 is 0 Å². The van der Waals surface area contributed by atoms with Gasteiger partial charge in [0.2, 0.25) is 5.91 Å². The van der Waals surface area contributed by atoms with Gasteiger partial charge < -0.3 is 9.32 Å². The monoisotopic (exact) mass is 321 g/mol. The molecule has 0 saturated carbocycles. The molecule has 3 rings (SSSR count). The number of sulfone groups is 1. The van der Waals surface area contributed by atoms with Crippen LogP contribution < -0.4 is 0 Å². The minimum Gasteiger partial charge on any atom is -0.459 e. The lowest BCUT2D eigenvalue weighted by molar-refractivity contribution is -0.135. The molecular weight excluding hydrogens is 302 g/mol. The zero-order chi connectivity index (χ0) is 15.9. The van der Waals surface area contributed by atoms with Gasteiger partial charge in [-0.25, -0.2) is 8.42 Å². The number of rotatable bonds is 3. The van der Waals surface area contributed by atoms with Crippen molar-refractivity contribution < 1.29 is 17.6 Å². The fourth-order valence-corrected chi connectivity index (χ4v) is 4.60. The lowest BCUT2D eigenvalue weighted by Gasteiger charge is -2.25. The summed E-state index contributed by atoms with van der Waals surface area (Å²) in [7, 11) is -1.36. The Bertz CT molecular complexity index is 775. The Labute approximate surface area is 129 Å². The molecule has 0 aliphatic carbocycles. The van der Waals surface area contributed by atoms with E-state index < -0.39 is 15.8 Å². The van der Waals surface area contributed by atoms with Crippen LogP contribution in [0.1, 0.15) is 25.1 Å². The van der Waals surface area contributed by atoms with Crippen LogP contribution in [0, 0.1) is 5.92 Å². The highest BCUT2D eigenvalue weighted by atomic mass is 32.2. The highest BCUT2D eigenvalue weighted by molar-refractivity contribution is 7.91. The van der Waals surface area contributed by atoms with Gasteiger partial charge >= 0.3 is 0 Å². The Morgan fingerprint density at radius 1 is 1.36 bits per heavy atom. The van der Waals surface area contributed by atoms with Crippen molar-refractivity contribution in [1.29, 1.82) is 0 Å². The molecule has 0 radical (unpaired) electrons. The van der Waals surface area contributed by atoms with Crippen LogP contribution in [0.15, 0.2) is 34.7 Å². The maximum Gasteiger partial charge on any atom is 0.227 e. The lowest BCUT2D eigenvalue weighted by atomic mass is 10.1. The third kappa shape index (κ3) is 2.75. The van der Waals surface area contributed by atoms with E-state index in [0.29, 0.717) is 12.2 Å². The molecule has 0 spiro atoms. The summed E-state index contributed by atoms with van der Waals surface area (Å²) in [4.78, 5) is 14.1. The Hall–Kier alpha value is -1.82. The van der Waals surface area contributed by atoms with Crippen LogP contribution in [0.2, 0.25) is 0 Å². The summed E-state index contributed by atoms with van der Waals surface area (Å²) in [6.07, 6.45) is 0.415. The van der Waals surface area contributed by atoms with E-state index in [0.717, 1.165) is 11.0 Å². The smallest absolute Gasteiger partial charge is 0.227 e. The van der Waals surface area contributed by atoms with Gasteiger partial charge in [0.05, 0.1) is 23.5 Å². The fourth-order valence-electron chi connectivity index (χ4n) is 2.87. The zero-order valence-corrected chi connectivity index (χ0v) is 13.5. The number of para-hydroxylation sites is 1. The molecule has 2 heterocycles. The van der Waals surface area contributed by atoms with E-state index in [2.05, 4.69) is 0 Å². The van der Waals surface area contributed by atoms with Crippen LogP contribution in [0.4, 0.5) is 0 Å². The SMILES string of the molecule is C[C@@H](c1cc2ccccc2o1)N(C)C(=O)[C@H]1CCS(=O)(=O)C1. The third-order valence-electron chi connectivity index (χ3n) is 4.37. The normalized spacial score (nSPS) is 21.8. The van der Waals surface area contributed by atoms with Crippen LogP contribution in [-0.2, 0) is 14.6 Å². The molecule has 5 nitrogen and oxygen atoms in total. The van der Waals surface area contributed by atoms with Crippen LogP contribution in [0.5, 0.6) is 0 Å². The van der Waals surface area contributed by atoms with Crippen molar-refractivity contribution >= 4 is 26.7 Å². The Morgan fingerprint density at radius 2 is 2.09 bits per heavy atom. The van der Waals surface area contributed by atoms with Gasteiger partial charge in [-0.2, -0.15) is 0 Å². The number of furan rings is 1. The van der Waals surface area contributed by atoms with Crippen molar-refractivity contribution in [3.63, 3.8) is 0 Å². The molecule has 1 aliphatic rings. The quantitative estimate of drug-likeness (QED) is 0.870. The van der Waals surface area contributed by atoms with Gasteiger partial charge in [0.15, 0.2) is 9.84 Å². The topological polar surface area (TPSA) is 67.6 Å². The highest BCUT2D eigenvalue weighted by Gasteiger charge is 2.36. The van der Waals surface area contributed by atoms with E-state index in [-0.39, 0.29) is 23.5 Å². The largest absolute Gasteiger partial charge is 0.459 e. The number of nitrogens with zero attached hydrogens (tertiary/aromatic N) is 1.